The standard InChI is InChI=1S/C16H14ClN3O.C2H7N/c1-2-19-15(12-8-4-3-5-9-12)18-20(16(19)21)14-11-7-6-10-13(14)17;1-3-2/h3-11H,2H2,1H3;3H,1-2H3. The maximum absolute atomic E-state index is 12.6. The van der Waals surface area contributed by atoms with Crippen molar-refractivity contribution >= 4 is 11.6 Å². The summed E-state index contributed by atoms with van der Waals surface area (Å²) in [6.07, 6.45) is 0. The van der Waals surface area contributed by atoms with Crippen LogP contribution in [0.1, 0.15) is 6.92 Å². The summed E-state index contributed by atoms with van der Waals surface area (Å²) < 4.78 is 2.99. The van der Waals surface area contributed by atoms with Crippen molar-refractivity contribution < 1.29 is 0 Å². The van der Waals surface area contributed by atoms with Gasteiger partial charge in [0.05, 0.1) is 10.7 Å². The van der Waals surface area contributed by atoms with Crippen LogP contribution in [0.4, 0.5) is 0 Å². The van der Waals surface area contributed by atoms with Crippen molar-refractivity contribution in [1.82, 2.24) is 19.7 Å². The lowest BCUT2D eigenvalue weighted by Gasteiger charge is -2.01. The molecule has 0 aliphatic carbocycles. The second-order valence-corrected chi connectivity index (χ2v) is 5.49. The molecular weight excluding hydrogens is 324 g/mol. The fraction of sp³-hybridized carbons (Fsp3) is 0.222. The molecule has 3 rings (SSSR count). The lowest BCUT2D eigenvalue weighted by molar-refractivity contribution is 0.716. The molecule has 0 atom stereocenters. The molecule has 24 heavy (non-hydrogen) atoms. The molecule has 0 bridgehead atoms. The number of nitrogens with one attached hydrogen (secondary N) is 1. The zero-order valence-electron chi connectivity index (χ0n) is 14.0. The van der Waals surface area contributed by atoms with E-state index in [1.165, 1.54) is 4.68 Å². The fourth-order valence-corrected chi connectivity index (χ4v) is 2.48. The van der Waals surface area contributed by atoms with Crippen molar-refractivity contribution in [2.24, 2.45) is 0 Å². The van der Waals surface area contributed by atoms with Crippen molar-refractivity contribution in [2.75, 3.05) is 14.1 Å². The number of halogens is 1. The summed E-state index contributed by atoms with van der Waals surface area (Å²) in [7, 11) is 3.75. The Hall–Kier alpha value is -2.37. The van der Waals surface area contributed by atoms with Gasteiger partial charge in [-0.25, -0.2) is 4.79 Å². The maximum Gasteiger partial charge on any atom is 0.351 e. The molecule has 5 nitrogen and oxygen atoms in total. The predicted molar refractivity (Wildman–Crippen MR) is 98.9 cm³/mol. The van der Waals surface area contributed by atoms with E-state index >= 15 is 0 Å². The molecular formula is C18H21ClN4O. The van der Waals surface area contributed by atoms with Crippen LogP contribution < -0.4 is 11.0 Å². The third-order valence-corrected chi connectivity index (χ3v) is 3.61. The van der Waals surface area contributed by atoms with Gasteiger partial charge in [-0.15, -0.1) is 5.10 Å². The Bertz CT molecular complexity index is 840. The summed E-state index contributed by atoms with van der Waals surface area (Å²) in [4.78, 5) is 12.6. The summed E-state index contributed by atoms with van der Waals surface area (Å²) in [6.45, 7) is 2.47. The highest BCUT2D eigenvalue weighted by molar-refractivity contribution is 6.32. The van der Waals surface area contributed by atoms with Crippen molar-refractivity contribution in [3.05, 3.63) is 70.1 Å². The van der Waals surface area contributed by atoms with E-state index in [2.05, 4.69) is 10.4 Å². The topological polar surface area (TPSA) is 51.9 Å². The minimum absolute atomic E-state index is 0.190. The van der Waals surface area contributed by atoms with Gasteiger partial charge in [0, 0.05) is 12.1 Å². The molecule has 3 aromatic rings. The van der Waals surface area contributed by atoms with Crippen LogP contribution >= 0.6 is 11.6 Å². The first kappa shape index (κ1) is 18.0. The summed E-state index contributed by atoms with van der Waals surface area (Å²) in [5.74, 6) is 0.642. The van der Waals surface area contributed by atoms with Crippen LogP contribution in [0.2, 0.25) is 5.02 Å². The Morgan fingerprint density at radius 1 is 1.04 bits per heavy atom. The zero-order chi connectivity index (χ0) is 17.5. The van der Waals surface area contributed by atoms with E-state index in [1.54, 1.807) is 16.7 Å². The molecule has 0 spiro atoms. The van der Waals surface area contributed by atoms with E-state index in [9.17, 15) is 4.79 Å². The molecule has 0 saturated heterocycles. The Morgan fingerprint density at radius 2 is 1.62 bits per heavy atom. The third kappa shape index (κ3) is 3.75. The molecule has 0 fully saturated rings. The maximum atomic E-state index is 12.6. The van der Waals surface area contributed by atoms with Gasteiger partial charge < -0.3 is 5.32 Å². The third-order valence-electron chi connectivity index (χ3n) is 3.29. The Kier molecular flexibility index (Phi) is 6.35. The molecule has 0 saturated carbocycles. The van der Waals surface area contributed by atoms with E-state index in [0.717, 1.165) is 5.56 Å². The number of hydrogen-bond acceptors (Lipinski definition) is 3. The summed E-state index contributed by atoms with van der Waals surface area (Å²) in [6, 6.07) is 16.8. The first-order valence-electron chi connectivity index (χ1n) is 7.72. The lowest BCUT2D eigenvalue weighted by Crippen LogP contribution is -2.23. The van der Waals surface area contributed by atoms with Gasteiger partial charge in [0.15, 0.2) is 5.82 Å². The predicted octanol–water partition coefficient (Wildman–Crippen LogP) is 3.21. The number of aromatic nitrogens is 3. The Balaban J connectivity index is 0.000000647. The van der Waals surface area contributed by atoms with E-state index in [4.69, 9.17) is 11.6 Å². The van der Waals surface area contributed by atoms with Crippen LogP contribution in [0.3, 0.4) is 0 Å². The van der Waals surface area contributed by atoms with E-state index in [-0.39, 0.29) is 5.69 Å². The number of benzene rings is 2. The van der Waals surface area contributed by atoms with Crippen LogP contribution in [0.25, 0.3) is 17.1 Å². The number of para-hydroxylation sites is 1. The van der Waals surface area contributed by atoms with Gasteiger partial charge in [-0.3, -0.25) is 4.57 Å². The van der Waals surface area contributed by atoms with Crippen LogP contribution in [-0.4, -0.2) is 28.4 Å². The first-order valence-corrected chi connectivity index (χ1v) is 8.10. The van der Waals surface area contributed by atoms with Crippen molar-refractivity contribution in [3.63, 3.8) is 0 Å². The highest BCUT2D eigenvalue weighted by atomic mass is 35.5. The fourth-order valence-electron chi connectivity index (χ4n) is 2.26. The highest BCUT2D eigenvalue weighted by Crippen LogP contribution is 2.20. The Morgan fingerprint density at radius 3 is 2.21 bits per heavy atom. The van der Waals surface area contributed by atoms with E-state index in [0.29, 0.717) is 23.1 Å². The molecule has 6 heteroatoms. The lowest BCUT2D eigenvalue weighted by atomic mass is 10.2. The molecule has 0 aliphatic rings. The molecule has 0 unspecified atom stereocenters. The quantitative estimate of drug-likeness (QED) is 0.793. The van der Waals surface area contributed by atoms with Crippen molar-refractivity contribution in [1.29, 1.82) is 0 Å². The van der Waals surface area contributed by atoms with Gasteiger partial charge >= 0.3 is 5.69 Å². The van der Waals surface area contributed by atoms with Gasteiger partial charge in [-0.05, 0) is 33.2 Å². The summed E-state index contributed by atoms with van der Waals surface area (Å²) in [5.41, 5.74) is 1.31. The van der Waals surface area contributed by atoms with Gasteiger partial charge in [0.2, 0.25) is 0 Å². The minimum atomic E-state index is -0.190. The summed E-state index contributed by atoms with van der Waals surface area (Å²) >= 11 is 6.17. The van der Waals surface area contributed by atoms with Crippen LogP contribution in [0.15, 0.2) is 59.4 Å². The second-order valence-electron chi connectivity index (χ2n) is 5.08. The largest absolute Gasteiger partial charge is 0.351 e. The number of hydrogen-bond donors (Lipinski definition) is 1. The molecule has 0 amide bonds. The van der Waals surface area contributed by atoms with E-state index < -0.39 is 0 Å². The molecule has 1 heterocycles. The monoisotopic (exact) mass is 344 g/mol. The van der Waals surface area contributed by atoms with Crippen LogP contribution in [0, 0.1) is 0 Å². The summed E-state index contributed by atoms with van der Waals surface area (Å²) in [5, 5.41) is 7.71. The molecule has 1 aromatic heterocycles. The second kappa shape index (κ2) is 8.47. The first-order chi connectivity index (χ1) is 11.6. The highest BCUT2D eigenvalue weighted by Gasteiger charge is 2.16. The molecule has 0 radical (unpaired) electrons. The average Bonchev–Trinajstić information content (AvgIpc) is 2.93. The smallest absolute Gasteiger partial charge is 0.323 e. The molecule has 2 aromatic carbocycles. The van der Waals surface area contributed by atoms with Crippen molar-refractivity contribution in [3.8, 4) is 17.1 Å². The van der Waals surface area contributed by atoms with Crippen LogP contribution in [0.5, 0.6) is 0 Å². The number of rotatable bonds is 3. The Labute approximate surface area is 146 Å². The van der Waals surface area contributed by atoms with Gasteiger partial charge in [-0.1, -0.05) is 54.1 Å². The molecule has 1 N–H and O–H groups in total. The number of nitrogens with zero attached hydrogens (tertiary/aromatic N) is 3. The average molecular weight is 345 g/mol. The SMILES string of the molecule is CCn1c(-c2ccccc2)nn(-c2ccccc2Cl)c1=O.CNC. The van der Waals surface area contributed by atoms with Gasteiger partial charge in [0.25, 0.3) is 0 Å². The molecule has 0 aliphatic heterocycles. The van der Waals surface area contributed by atoms with Gasteiger partial charge in [0.1, 0.15) is 0 Å². The van der Waals surface area contributed by atoms with Crippen molar-refractivity contribution in [2.45, 2.75) is 13.5 Å². The van der Waals surface area contributed by atoms with Crippen LogP contribution in [-0.2, 0) is 6.54 Å². The van der Waals surface area contributed by atoms with E-state index in [1.807, 2.05) is 63.5 Å². The molecule has 126 valence electrons. The zero-order valence-corrected chi connectivity index (χ0v) is 14.8. The normalized spacial score (nSPS) is 10.2. The minimum Gasteiger partial charge on any atom is -0.323 e. The van der Waals surface area contributed by atoms with Gasteiger partial charge in [-0.2, -0.15) is 4.68 Å².